The van der Waals surface area contributed by atoms with E-state index in [2.05, 4.69) is 20.2 Å². The molecule has 0 radical (unpaired) electrons. The molecule has 6 nitrogen and oxygen atoms in total. The van der Waals surface area contributed by atoms with Crippen molar-refractivity contribution in [3.8, 4) is 0 Å². The maximum Gasteiger partial charge on any atom is 0.230 e. The summed E-state index contributed by atoms with van der Waals surface area (Å²) < 4.78 is 20.3. The van der Waals surface area contributed by atoms with Crippen LogP contribution in [0.2, 0.25) is 0 Å². The van der Waals surface area contributed by atoms with Gasteiger partial charge in [-0.05, 0) is 31.0 Å². The van der Waals surface area contributed by atoms with E-state index < -0.39 is 5.95 Å². The first-order valence-corrected chi connectivity index (χ1v) is 9.10. The molecule has 1 N–H and O–H groups in total. The topological polar surface area (TPSA) is 67.4 Å². The van der Waals surface area contributed by atoms with Gasteiger partial charge in [-0.1, -0.05) is 11.3 Å². The summed E-state index contributed by atoms with van der Waals surface area (Å²) in [6, 6.07) is 2.04. The number of aromatic nitrogens is 2. The molecule has 0 aromatic carbocycles. The number of piperidine rings is 1. The molecule has 0 unspecified atom stereocenters. The average molecular weight is 362 g/mol. The number of amides is 1. The third kappa shape index (κ3) is 3.17. The minimum Gasteiger partial charge on any atom is -0.364 e. The number of anilines is 1. The maximum atomic E-state index is 14.1. The summed E-state index contributed by atoms with van der Waals surface area (Å²) in [4.78, 5) is 21.8. The second-order valence-corrected chi connectivity index (χ2v) is 7.63. The van der Waals surface area contributed by atoms with E-state index in [-0.39, 0.29) is 11.5 Å². The average Bonchev–Trinajstić information content (AvgIpc) is 3.09. The van der Waals surface area contributed by atoms with Gasteiger partial charge in [0.2, 0.25) is 11.9 Å². The Bertz CT molecular complexity index is 808. The van der Waals surface area contributed by atoms with Gasteiger partial charge in [0.15, 0.2) is 5.13 Å². The Morgan fingerprint density at radius 2 is 2.44 bits per heavy atom. The number of nitrogens with one attached hydrogen (secondary N) is 1. The van der Waals surface area contributed by atoms with Crippen molar-refractivity contribution < 1.29 is 13.9 Å². The number of likely N-dealkylation sites (tertiary alicyclic amines) is 1. The number of hydrogen-bond acceptors (Lipinski definition) is 6. The molecule has 2 aliphatic heterocycles. The number of carbonyl (C=O) groups is 1. The predicted octanol–water partition coefficient (Wildman–Crippen LogP) is 2.66. The molecule has 2 aromatic rings. The normalized spacial score (nSPS) is 23.0. The Hall–Kier alpha value is -1.90. The molecular weight excluding hydrogens is 343 g/mol. The minimum atomic E-state index is -0.509. The molecule has 8 heteroatoms. The first-order chi connectivity index (χ1) is 12.1. The quantitative estimate of drug-likeness (QED) is 0.909. The Morgan fingerprint density at radius 3 is 3.28 bits per heavy atom. The van der Waals surface area contributed by atoms with Gasteiger partial charge in [0.1, 0.15) is 5.60 Å². The highest BCUT2D eigenvalue weighted by Gasteiger charge is 2.43. The zero-order chi connectivity index (χ0) is 17.4. The molecule has 1 amide bonds. The van der Waals surface area contributed by atoms with Crippen LogP contribution in [0.1, 0.15) is 35.8 Å². The molecule has 0 aliphatic carbocycles. The predicted molar refractivity (Wildman–Crippen MR) is 91.6 cm³/mol. The first kappa shape index (κ1) is 16.6. The molecule has 2 aliphatic rings. The number of fused-ring (bicyclic) bond motifs is 2. The van der Waals surface area contributed by atoms with E-state index in [1.54, 1.807) is 6.20 Å². The Balaban J connectivity index is 1.51. The summed E-state index contributed by atoms with van der Waals surface area (Å²) in [6.07, 6.45) is 5.62. The smallest absolute Gasteiger partial charge is 0.230 e. The van der Waals surface area contributed by atoms with Crippen molar-refractivity contribution in [2.24, 2.45) is 0 Å². The number of nitrogens with zero attached hydrogens (tertiary/aromatic N) is 3. The fraction of sp³-hybridized carbons (Fsp3) is 0.471. The number of pyridine rings is 1. The Labute approximate surface area is 149 Å². The fourth-order valence-electron chi connectivity index (χ4n) is 3.70. The van der Waals surface area contributed by atoms with Crippen molar-refractivity contribution in [3.05, 3.63) is 40.4 Å². The fourth-order valence-corrected chi connectivity index (χ4v) is 4.63. The third-order valence-electron chi connectivity index (χ3n) is 4.73. The molecule has 4 rings (SSSR count). The molecule has 0 bridgehead atoms. The van der Waals surface area contributed by atoms with Gasteiger partial charge in [0.05, 0.1) is 11.5 Å². The molecule has 1 fully saturated rings. The van der Waals surface area contributed by atoms with Gasteiger partial charge in [-0.2, -0.15) is 9.37 Å². The number of halogens is 1. The highest BCUT2D eigenvalue weighted by Crippen LogP contribution is 2.43. The Kier molecular flexibility index (Phi) is 4.26. The van der Waals surface area contributed by atoms with Crippen LogP contribution in [0.3, 0.4) is 0 Å². The van der Waals surface area contributed by atoms with E-state index in [1.165, 1.54) is 23.8 Å². The lowest BCUT2D eigenvalue weighted by Crippen LogP contribution is -2.45. The van der Waals surface area contributed by atoms with Gasteiger partial charge in [-0.25, -0.2) is 0 Å². The number of rotatable bonds is 3. The van der Waals surface area contributed by atoms with Gasteiger partial charge in [0, 0.05) is 38.0 Å². The molecule has 4 heterocycles. The highest BCUT2D eigenvalue weighted by molar-refractivity contribution is 7.15. The minimum absolute atomic E-state index is 0.248. The zero-order valence-electron chi connectivity index (χ0n) is 13.9. The van der Waals surface area contributed by atoms with Crippen LogP contribution in [-0.2, 0) is 28.3 Å². The SMILES string of the molecule is CC(=O)Nc1nc(F)c(CN2CCC[C@@]3(C2)OCc2cnccc23)s1. The van der Waals surface area contributed by atoms with Crippen molar-refractivity contribution in [3.63, 3.8) is 0 Å². The van der Waals surface area contributed by atoms with E-state index >= 15 is 0 Å². The van der Waals surface area contributed by atoms with Crippen LogP contribution in [0.25, 0.3) is 0 Å². The van der Waals surface area contributed by atoms with Crippen LogP contribution in [0.5, 0.6) is 0 Å². The second-order valence-electron chi connectivity index (χ2n) is 6.54. The molecule has 1 saturated heterocycles. The lowest BCUT2D eigenvalue weighted by Gasteiger charge is -2.40. The third-order valence-corrected chi connectivity index (χ3v) is 5.66. The standard InChI is InChI=1S/C17H19FN4O2S/c1-11(23)20-16-21-15(18)14(25-16)8-22-6-2-4-17(10-22)13-3-5-19-7-12(13)9-24-17/h3,5,7H,2,4,6,8-10H2,1H3,(H,20,21,23)/t17-/m0/s1. The van der Waals surface area contributed by atoms with Crippen LogP contribution < -0.4 is 5.32 Å². The lowest BCUT2D eigenvalue weighted by atomic mass is 9.85. The monoisotopic (exact) mass is 362 g/mol. The van der Waals surface area contributed by atoms with E-state index in [4.69, 9.17) is 4.74 Å². The van der Waals surface area contributed by atoms with Crippen molar-refractivity contribution >= 4 is 22.4 Å². The molecule has 25 heavy (non-hydrogen) atoms. The maximum absolute atomic E-state index is 14.1. The van der Waals surface area contributed by atoms with Gasteiger partial charge >= 0.3 is 0 Å². The Morgan fingerprint density at radius 1 is 1.56 bits per heavy atom. The lowest BCUT2D eigenvalue weighted by molar-refractivity contribution is -0.114. The molecule has 2 aromatic heterocycles. The van der Waals surface area contributed by atoms with E-state index in [0.29, 0.717) is 23.2 Å². The zero-order valence-corrected chi connectivity index (χ0v) is 14.7. The van der Waals surface area contributed by atoms with E-state index in [0.717, 1.165) is 31.5 Å². The van der Waals surface area contributed by atoms with Crippen molar-refractivity contribution in [2.75, 3.05) is 18.4 Å². The summed E-state index contributed by atoms with van der Waals surface area (Å²) in [5, 5.41) is 2.85. The van der Waals surface area contributed by atoms with Gasteiger partial charge in [-0.15, -0.1) is 0 Å². The highest BCUT2D eigenvalue weighted by atomic mass is 32.1. The number of hydrogen-bond donors (Lipinski definition) is 1. The first-order valence-electron chi connectivity index (χ1n) is 8.28. The summed E-state index contributed by atoms with van der Waals surface area (Å²) in [5.41, 5.74) is 2.02. The van der Waals surface area contributed by atoms with Gasteiger partial charge in [-0.3, -0.25) is 14.7 Å². The summed E-state index contributed by atoms with van der Waals surface area (Å²) >= 11 is 1.19. The van der Waals surface area contributed by atoms with Crippen LogP contribution in [0.15, 0.2) is 18.5 Å². The largest absolute Gasteiger partial charge is 0.364 e. The number of carbonyl (C=O) groups excluding carboxylic acids is 1. The van der Waals surface area contributed by atoms with Crippen LogP contribution in [0, 0.1) is 5.95 Å². The molecule has 1 spiro atoms. The van der Waals surface area contributed by atoms with E-state index in [9.17, 15) is 9.18 Å². The second kappa shape index (κ2) is 6.44. The molecule has 1 atom stereocenters. The van der Waals surface area contributed by atoms with Crippen molar-refractivity contribution in [2.45, 2.75) is 38.5 Å². The van der Waals surface area contributed by atoms with Crippen LogP contribution in [-0.4, -0.2) is 33.9 Å². The van der Waals surface area contributed by atoms with Crippen molar-refractivity contribution in [1.82, 2.24) is 14.9 Å². The molecular formula is C17H19FN4O2S. The van der Waals surface area contributed by atoms with Crippen molar-refractivity contribution in [1.29, 1.82) is 0 Å². The van der Waals surface area contributed by atoms with E-state index in [1.807, 2.05) is 12.3 Å². The summed E-state index contributed by atoms with van der Waals surface area (Å²) in [7, 11) is 0. The van der Waals surface area contributed by atoms with Crippen LogP contribution in [0.4, 0.5) is 9.52 Å². The summed E-state index contributed by atoms with van der Waals surface area (Å²) in [6.45, 7) is 4.04. The summed E-state index contributed by atoms with van der Waals surface area (Å²) in [5.74, 6) is -0.757. The molecule has 0 saturated carbocycles. The van der Waals surface area contributed by atoms with Gasteiger partial charge < -0.3 is 10.1 Å². The van der Waals surface area contributed by atoms with Gasteiger partial charge in [0.25, 0.3) is 0 Å². The molecule has 132 valence electrons. The van der Waals surface area contributed by atoms with Crippen LogP contribution >= 0.6 is 11.3 Å². The number of thiazole rings is 1. The number of ether oxygens (including phenoxy) is 1.